The summed E-state index contributed by atoms with van der Waals surface area (Å²) in [6.07, 6.45) is 9.40. The summed E-state index contributed by atoms with van der Waals surface area (Å²) in [5.41, 5.74) is 0.408. The molecule has 2 N–H and O–H groups in total. The summed E-state index contributed by atoms with van der Waals surface area (Å²) < 4.78 is 11.6. The first kappa shape index (κ1) is 21.1. The Morgan fingerprint density at radius 2 is 1.93 bits per heavy atom. The fourth-order valence-corrected chi connectivity index (χ4v) is 6.32. The van der Waals surface area contributed by atoms with Gasteiger partial charge in [-0.1, -0.05) is 6.42 Å². The van der Waals surface area contributed by atoms with Crippen LogP contribution in [-0.2, 0) is 9.47 Å². The lowest BCUT2D eigenvalue weighted by atomic mass is 9.46. The number of nitrogens with zero attached hydrogens (tertiary/aromatic N) is 2. The lowest BCUT2D eigenvalue weighted by Gasteiger charge is -2.63. The average molecular weight is 504 g/mol. The molecule has 2 saturated carbocycles. The normalized spacial score (nSPS) is 37.7. The molecule has 5 rings (SSSR count). The predicted octanol–water partition coefficient (Wildman–Crippen LogP) is 2.23. The smallest absolute Gasteiger partial charge is 0.191 e. The molecule has 0 aromatic carbocycles. The van der Waals surface area contributed by atoms with E-state index in [1.807, 2.05) is 7.05 Å². The maximum atomic E-state index is 6.06. The van der Waals surface area contributed by atoms with E-state index in [0.717, 1.165) is 31.7 Å². The highest BCUT2D eigenvalue weighted by Gasteiger charge is 2.66. The van der Waals surface area contributed by atoms with Crippen LogP contribution in [0, 0.1) is 17.3 Å². The molecule has 0 aromatic heterocycles. The second-order valence-electron chi connectivity index (χ2n) is 9.47. The largest absolute Gasteiger partial charge is 0.381 e. The van der Waals surface area contributed by atoms with Crippen molar-refractivity contribution in [2.75, 3.05) is 46.5 Å². The maximum Gasteiger partial charge on any atom is 0.191 e. The van der Waals surface area contributed by atoms with Crippen LogP contribution in [0.3, 0.4) is 0 Å². The molecule has 6 nitrogen and oxygen atoms in total. The zero-order valence-corrected chi connectivity index (χ0v) is 19.5. The molecule has 4 atom stereocenters. The minimum Gasteiger partial charge on any atom is -0.381 e. The highest BCUT2D eigenvalue weighted by Crippen LogP contribution is 2.62. The zero-order valence-electron chi connectivity index (χ0n) is 17.2. The van der Waals surface area contributed by atoms with Gasteiger partial charge in [-0.15, -0.1) is 24.0 Å². The molecule has 0 bridgehead atoms. The van der Waals surface area contributed by atoms with E-state index < -0.39 is 0 Å². The Kier molecular flexibility index (Phi) is 6.74. The fourth-order valence-electron chi connectivity index (χ4n) is 6.32. The van der Waals surface area contributed by atoms with Crippen LogP contribution in [0.15, 0.2) is 4.99 Å². The summed E-state index contributed by atoms with van der Waals surface area (Å²) in [6.45, 7) is 6.47. The van der Waals surface area contributed by atoms with Crippen molar-refractivity contribution in [2.45, 2.75) is 63.1 Å². The van der Waals surface area contributed by atoms with Crippen LogP contribution in [0.5, 0.6) is 0 Å². The molecular formula is C21H37IN4O2. The average Bonchev–Trinajstić information content (AvgIpc) is 3.29. The summed E-state index contributed by atoms with van der Waals surface area (Å²) in [6, 6.07) is 1.10. The van der Waals surface area contributed by atoms with E-state index in [9.17, 15) is 0 Å². The van der Waals surface area contributed by atoms with Gasteiger partial charge in [0.1, 0.15) is 0 Å². The molecule has 2 aliphatic carbocycles. The molecule has 0 radical (unpaired) electrons. The third-order valence-corrected chi connectivity index (χ3v) is 8.02. The van der Waals surface area contributed by atoms with Crippen LogP contribution in [0.2, 0.25) is 0 Å². The number of piperidine rings is 1. The number of rotatable bonds is 4. The first-order chi connectivity index (χ1) is 13.3. The number of nitrogens with one attached hydrogen (secondary N) is 2. The van der Waals surface area contributed by atoms with Crippen LogP contribution in [0.1, 0.15) is 44.9 Å². The molecule has 28 heavy (non-hydrogen) atoms. The molecule has 1 spiro atoms. The van der Waals surface area contributed by atoms with E-state index in [0.29, 0.717) is 29.5 Å². The second-order valence-corrected chi connectivity index (χ2v) is 9.47. The number of halogens is 1. The van der Waals surface area contributed by atoms with Gasteiger partial charge in [0, 0.05) is 63.3 Å². The summed E-state index contributed by atoms with van der Waals surface area (Å²) >= 11 is 0. The van der Waals surface area contributed by atoms with Gasteiger partial charge in [0.2, 0.25) is 0 Å². The van der Waals surface area contributed by atoms with Crippen LogP contribution in [0.25, 0.3) is 0 Å². The van der Waals surface area contributed by atoms with Gasteiger partial charge >= 0.3 is 0 Å². The van der Waals surface area contributed by atoms with Crippen molar-refractivity contribution in [3.8, 4) is 0 Å². The third-order valence-electron chi connectivity index (χ3n) is 8.02. The van der Waals surface area contributed by atoms with E-state index in [1.54, 1.807) is 0 Å². The number of hydrogen-bond acceptors (Lipinski definition) is 4. The number of aliphatic imine (C=N–C) groups is 1. The Labute approximate surface area is 186 Å². The minimum absolute atomic E-state index is 0. The van der Waals surface area contributed by atoms with Crippen molar-refractivity contribution in [1.29, 1.82) is 0 Å². The van der Waals surface area contributed by atoms with E-state index in [4.69, 9.17) is 9.47 Å². The second kappa shape index (κ2) is 8.94. The predicted molar refractivity (Wildman–Crippen MR) is 121 cm³/mol. The van der Waals surface area contributed by atoms with E-state index in [2.05, 4.69) is 20.5 Å². The molecule has 5 fully saturated rings. The molecule has 5 aliphatic rings. The van der Waals surface area contributed by atoms with Gasteiger partial charge in [0.25, 0.3) is 0 Å². The van der Waals surface area contributed by atoms with E-state index in [1.165, 1.54) is 64.6 Å². The highest BCUT2D eigenvalue weighted by atomic mass is 127. The number of ether oxygens (including phenoxy) is 2. The molecule has 3 saturated heterocycles. The van der Waals surface area contributed by atoms with Gasteiger partial charge in [-0.05, 0) is 44.4 Å². The standard InChI is InChI=1S/C21H36N4O2.HI/c1-22-20(24-18-17-6-12-27-19(17)21(18)7-2-8-21)23-16-3-9-25(10-4-16)13-15-5-11-26-14-15;/h15-19H,2-14H2,1H3,(H2,22,23,24);1H. The van der Waals surface area contributed by atoms with Crippen molar-refractivity contribution < 1.29 is 9.47 Å². The molecule has 4 unspecified atom stereocenters. The number of likely N-dealkylation sites (tertiary alicyclic amines) is 1. The lowest BCUT2D eigenvalue weighted by Crippen LogP contribution is -2.72. The molecule has 3 aliphatic heterocycles. The molecule has 0 aromatic rings. The van der Waals surface area contributed by atoms with Crippen LogP contribution >= 0.6 is 24.0 Å². The molecule has 160 valence electrons. The summed E-state index contributed by atoms with van der Waals surface area (Å²) in [4.78, 5) is 7.20. The fraction of sp³-hybridized carbons (Fsp3) is 0.952. The quantitative estimate of drug-likeness (QED) is 0.350. The third kappa shape index (κ3) is 3.81. The topological polar surface area (TPSA) is 58.1 Å². The van der Waals surface area contributed by atoms with Gasteiger partial charge in [-0.2, -0.15) is 0 Å². The Morgan fingerprint density at radius 1 is 1.11 bits per heavy atom. The highest BCUT2D eigenvalue weighted by molar-refractivity contribution is 14.0. The Balaban J connectivity index is 0.00000192. The van der Waals surface area contributed by atoms with Crippen molar-refractivity contribution in [2.24, 2.45) is 22.2 Å². The molecule has 7 heteroatoms. The van der Waals surface area contributed by atoms with E-state index in [-0.39, 0.29) is 24.0 Å². The summed E-state index contributed by atoms with van der Waals surface area (Å²) in [5, 5.41) is 7.54. The first-order valence-corrected chi connectivity index (χ1v) is 11.2. The molecule has 0 amide bonds. The SMILES string of the molecule is CN=C(NC1CCN(CC2CCOC2)CC1)NC1C2CCOC2C12CCC2.I. The van der Waals surface area contributed by atoms with Crippen molar-refractivity contribution in [3.63, 3.8) is 0 Å². The molecule has 3 heterocycles. The van der Waals surface area contributed by atoms with Gasteiger partial charge < -0.3 is 25.0 Å². The van der Waals surface area contributed by atoms with Crippen LogP contribution in [0.4, 0.5) is 0 Å². The lowest BCUT2D eigenvalue weighted by molar-refractivity contribution is -0.171. The van der Waals surface area contributed by atoms with Gasteiger partial charge in [0.15, 0.2) is 5.96 Å². The maximum absolute atomic E-state index is 6.06. The van der Waals surface area contributed by atoms with Gasteiger partial charge in [0.05, 0.1) is 12.7 Å². The zero-order chi connectivity index (χ0) is 18.3. The van der Waals surface area contributed by atoms with Gasteiger partial charge in [-0.3, -0.25) is 4.99 Å². The van der Waals surface area contributed by atoms with Gasteiger partial charge in [-0.25, -0.2) is 0 Å². The van der Waals surface area contributed by atoms with Crippen LogP contribution in [-0.4, -0.2) is 75.5 Å². The molecular weight excluding hydrogens is 467 g/mol. The Hall–Kier alpha value is -0.120. The summed E-state index contributed by atoms with van der Waals surface area (Å²) in [5.74, 6) is 2.46. The minimum atomic E-state index is 0. The first-order valence-electron chi connectivity index (χ1n) is 11.2. The summed E-state index contributed by atoms with van der Waals surface area (Å²) in [7, 11) is 1.92. The Bertz CT molecular complexity index is 557. The van der Waals surface area contributed by atoms with E-state index >= 15 is 0 Å². The monoisotopic (exact) mass is 504 g/mol. The van der Waals surface area contributed by atoms with Crippen LogP contribution < -0.4 is 10.6 Å². The van der Waals surface area contributed by atoms with Crippen molar-refractivity contribution in [3.05, 3.63) is 0 Å². The van der Waals surface area contributed by atoms with Crippen molar-refractivity contribution >= 4 is 29.9 Å². The number of fused-ring (bicyclic) bond motifs is 2. The number of guanidine groups is 1. The number of hydrogen-bond donors (Lipinski definition) is 2. The van der Waals surface area contributed by atoms with Crippen molar-refractivity contribution in [1.82, 2.24) is 15.5 Å². The Morgan fingerprint density at radius 3 is 2.57 bits per heavy atom.